The molecule has 2 aliphatic rings. The number of nitrogens with zero attached hydrogens (tertiary/aromatic N) is 4. The van der Waals surface area contributed by atoms with E-state index in [1.807, 2.05) is 43.1 Å². The summed E-state index contributed by atoms with van der Waals surface area (Å²) in [6.45, 7) is 9.71. The van der Waals surface area contributed by atoms with E-state index in [9.17, 15) is 9.18 Å². The number of halogens is 1. The van der Waals surface area contributed by atoms with Crippen LogP contribution in [0.4, 0.5) is 10.2 Å². The fraction of sp³-hybridized carbons (Fsp3) is 0.516. The Morgan fingerprint density at radius 2 is 1.81 bits per heavy atom. The monoisotopic (exact) mass is 580 g/mol. The van der Waals surface area contributed by atoms with Crippen molar-refractivity contribution in [1.29, 1.82) is 0 Å². The van der Waals surface area contributed by atoms with E-state index >= 15 is 0 Å². The topological polar surface area (TPSA) is 101 Å². The number of alkyl halides is 1. The molecule has 3 atom stereocenters. The Labute approximate surface area is 246 Å². The molecule has 3 unspecified atom stereocenters. The van der Waals surface area contributed by atoms with Crippen LogP contribution < -0.4 is 29.9 Å². The Bertz CT molecular complexity index is 1340. The number of ether oxygens (including phenoxy) is 3. The van der Waals surface area contributed by atoms with Crippen LogP contribution in [0.25, 0.3) is 10.9 Å². The molecule has 2 saturated heterocycles. The van der Waals surface area contributed by atoms with Gasteiger partial charge in [-0.05, 0) is 70.5 Å². The lowest BCUT2D eigenvalue weighted by molar-refractivity contribution is 0.0462. The molecule has 2 fully saturated rings. The first-order valence-electron chi connectivity index (χ1n) is 14.7. The molecule has 0 aliphatic carbocycles. The lowest BCUT2D eigenvalue weighted by Gasteiger charge is -2.35. The zero-order chi connectivity index (χ0) is 29.6. The van der Waals surface area contributed by atoms with Gasteiger partial charge in [0, 0.05) is 55.7 Å². The first-order chi connectivity index (χ1) is 20.3. The highest BCUT2D eigenvalue weighted by Gasteiger charge is 2.31. The second-order valence-electron chi connectivity index (χ2n) is 11.2. The second kappa shape index (κ2) is 13.5. The van der Waals surface area contributed by atoms with Crippen molar-refractivity contribution in [2.24, 2.45) is 5.92 Å². The van der Waals surface area contributed by atoms with Crippen molar-refractivity contribution in [2.75, 3.05) is 51.3 Å². The Balaban J connectivity index is 1.26. The Kier molecular flexibility index (Phi) is 9.58. The maximum Gasteiger partial charge on any atom is 0.265 e. The molecule has 1 aromatic heterocycles. The quantitative estimate of drug-likeness (QED) is 0.369. The minimum absolute atomic E-state index is 0.0750. The summed E-state index contributed by atoms with van der Waals surface area (Å²) >= 11 is 0. The van der Waals surface area contributed by atoms with Crippen LogP contribution in [0.1, 0.15) is 44.0 Å². The van der Waals surface area contributed by atoms with E-state index in [0.717, 1.165) is 42.9 Å². The zero-order valence-electron chi connectivity index (χ0n) is 24.8. The van der Waals surface area contributed by atoms with Crippen LogP contribution >= 0.6 is 0 Å². The fourth-order valence-electron chi connectivity index (χ4n) is 5.62. The van der Waals surface area contributed by atoms with E-state index in [2.05, 4.69) is 25.6 Å². The SMILES string of the molecule is COc1cc2c(N3CCN(NC(=O)c4ccc(OC(C)C)cc4)CC3)ncnc2cc1OC(C(C)F)C1CCCNC1. The van der Waals surface area contributed by atoms with Gasteiger partial charge in [0.25, 0.3) is 5.91 Å². The molecular formula is C31H41FN6O4. The molecule has 2 aromatic carbocycles. The van der Waals surface area contributed by atoms with Crippen molar-refractivity contribution in [3.8, 4) is 17.2 Å². The number of piperidine rings is 1. The van der Waals surface area contributed by atoms with Crippen molar-refractivity contribution in [3.05, 3.63) is 48.3 Å². The van der Waals surface area contributed by atoms with Crippen molar-refractivity contribution < 1.29 is 23.4 Å². The number of nitrogens with one attached hydrogen (secondary N) is 2. The summed E-state index contributed by atoms with van der Waals surface area (Å²) in [7, 11) is 1.58. The van der Waals surface area contributed by atoms with Crippen LogP contribution in [0.5, 0.6) is 17.2 Å². The number of anilines is 1. The Morgan fingerprint density at radius 1 is 1.05 bits per heavy atom. The summed E-state index contributed by atoms with van der Waals surface area (Å²) in [6.07, 6.45) is 1.81. The third kappa shape index (κ3) is 7.01. The van der Waals surface area contributed by atoms with E-state index in [1.54, 1.807) is 26.2 Å². The molecule has 0 saturated carbocycles. The van der Waals surface area contributed by atoms with Crippen molar-refractivity contribution in [1.82, 2.24) is 25.7 Å². The molecule has 11 heteroatoms. The van der Waals surface area contributed by atoms with Gasteiger partial charge in [0.1, 0.15) is 30.2 Å². The number of rotatable bonds is 10. The number of carbonyl (C=O) groups is 1. The average Bonchev–Trinajstić information content (AvgIpc) is 3.00. The van der Waals surface area contributed by atoms with Crippen LogP contribution in [-0.2, 0) is 0 Å². The minimum atomic E-state index is -1.13. The minimum Gasteiger partial charge on any atom is -0.493 e. The Morgan fingerprint density at radius 3 is 2.45 bits per heavy atom. The lowest BCUT2D eigenvalue weighted by atomic mass is 9.91. The van der Waals surface area contributed by atoms with Crippen LogP contribution in [0, 0.1) is 5.92 Å². The van der Waals surface area contributed by atoms with Gasteiger partial charge in [-0.3, -0.25) is 10.2 Å². The fourth-order valence-corrected chi connectivity index (χ4v) is 5.62. The molecular weight excluding hydrogens is 539 g/mol. The van der Waals surface area contributed by atoms with Crippen molar-refractivity contribution in [3.63, 3.8) is 0 Å². The van der Waals surface area contributed by atoms with E-state index in [1.165, 1.54) is 6.33 Å². The first-order valence-corrected chi connectivity index (χ1v) is 14.7. The number of carbonyl (C=O) groups excluding carboxylic acids is 1. The highest BCUT2D eigenvalue weighted by Crippen LogP contribution is 2.37. The number of hydrazine groups is 1. The van der Waals surface area contributed by atoms with Gasteiger partial charge in [0.2, 0.25) is 0 Å². The molecule has 3 heterocycles. The smallest absolute Gasteiger partial charge is 0.265 e. The number of hydrogen-bond acceptors (Lipinski definition) is 9. The van der Waals surface area contributed by atoms with Gasteiger partial charge in [-0.25, -0.2) is 19.4 Å². The third-order valence-electron chi connectivity index (χ3n) is 7.74. The van der Waals surface area contributed by atoms with Gasteiger partial charge >= 0.3 is 0 Å². The molecule has 10 nitrogen and oxygen atoms in total. The van der Waals surface area contributed by atoms with E-state index < -0.39 is 12.3 Å². The van der Waals surface area contributed by atoms with Crippen LogP contribution in [0.2, 0.25) is 0 Å². The van der Waals surface area contributed by atoms with Crippen molar-refractivity contribution in [2.45, 2.75) is 52.0 Å². The molecule has 5 rings (SSSR count). The molecule has 0 radical (unpaired) electrons. The van der Waals surface area contributed by atoms with Gasteiger partial charge in [0.15, 0.2) is 11.5 Å². The molecule has 0 bridgehead atoms. The summed E-state index contributed by atoms with van der Waals surface area (Å²) in [5.41, 5.74) is 4.28. The number of benzene rings is 2. The first kappa shape index (κ1) is 29.8. The summed E-state index contributed by atoms with van der Waals surface area (Å²) in [4.78, 5) is 24.1. The third-order valence-corrected chi connectivity index (χ3v) is 7.74. The molecule has 226 valence electrons. The summed E-state index contributed by atoms with van der Waals surface area (Å²) in [5, 5.41) is 6.10. The number of piperazine rings is 1. The second-order valence-corrected chi connectivity index (χ2v) is 11.2. The van der Waals surface area contributed by atoms with Crippen LogP contribution in [0.15, 0.2) is 42.7 Å². The van der Waals surface area contributed by atoms with Gasteiger partial charge in [-0.2, -0.15) is 0 Å². The lowest BCUT2D eigenvalue weighted by Crippen LogP contribution is -2.53. The summed E-state index contributed by atoms with van der Waals surface area (Å²) < 4.78 is 32.3. The molecule has 1 amide bonds. The number of fused-ring (bicyclic) bond motifs is 1. The number of amides is 1. The van der Waals surface area contributed by atoms with E-state index in [0.29, 0.717) is 48.8 Å². The summed E-state index contributed by atoms with van der Waals surface area (Å²) in [6, 6.07) is 10.8. The predicted molar refractivity (Wildman–Crippen MR) is 160 cm³/mol. The maximum absolute atomic E-state index is 14.7. The molecule has 0 spiro atoms. The zero-order valence-corrected chi connectivity index (χ0v) is 24.8. The molecule has 2 aliphatic heterocycles. The highest BCUT2D eigenvalue weighted by molar-refractivity contribution is 5.94. The molecule has 2 N–H and O–H groups in total. The number of methoxy groups -OCH3 is 1. The van der Waals surface area contributed by atoms with Gasteiger partial charge in [-0.15, -0.1) is 0 Å². The number of hydrogen-bond donors (Lipinski definition) is 2. The van der Waals surface area contributed by atoms with Crippen LogP contribution in [-0.4, -0.2) is 85.6 Å². The highest BCUT2D eigenvalue weighted by atomic mass is 19.1. The van der Waals surface area contributed by atoms with Gasteiger partial charge in [0.05, 0.1) is 18.7 Å². The number of aromatic nitrogens is 2. The standard InChI is InChI=1S/C31H41FN6O4/c1-20(2)41-24-9-7-22(8-10-24)31(39)36-38-14-12-37(13-15-38)30-25-16-27(40-4)28(17-26(25)34-19-35-30)42-29(21(3)32)23-6-5-11-33-18-23/h7-10,16-17,19-21,23,29,33H,5-6,11-15,18H2,1-4H3,(H,36,39). The molecule has 3 aromatic rings. The van der Waals surface area contributed by atoms with E-state index in [4.69, 9.17) is 14.2 Å². The maximum atomic E-state index is 14.7. The van der Waals surface area contributed by atoms with Gasteiger partial charge in [-0.1, -0.05) is 0 Å². The predicted octanol–water partition coefficient (Wildman–Crippen LogP) is 4.00. The largest absolute Gasteiger partial charge is 0.493 e. The average molecular weight is 581 g/mol. The van der Waals surface area contributed by atoms with Crippen molar-refractivity contribution >= 4 is 22.6 Å². The normalized spacial score (nSPS) is 19.4. The molecule has 42 heavy (non-hydrogen) atoms. The van der Waals surface area contributed by atoms with Crippen LogP contribution in [0.3, 0.4) is 0 Å². The van der Waals surface area contributed by atoms with E-state index in [-0.39, 0.29) is 17.9 Å². The van der Waals surface area contributed by atoms with Gasteiger partial charge < -0.3 is 24.4 Å². The Hall–Kier alpha value is -3.70. The summed E-state index contributed by atoms with van der Waals surface area (Å²) in [5.74, 6) is 2.43.